The molecule has 0 spiro atoms. The van der Waals surface area contributed by atoms with Crippen LogP contribution in [0, 0.1) is 6.92 Å². The minimum atomic E-state index is -0.366. The Morgan fingerprint density at radius 1 is 1.12 bits per heavy atom. The number of imidazole rings is 1. The highest BCUT2D eigenvalue weighted by molar-refractivity contribution is 6.28. The SMILES string of the molecule is Cc1nc2c(OC(C)(C)C)c(-c3ccnc(Cl)n3)ccc2n1C(C)C. The Morgan fingerprint density at radius 2 is 1.84 bits per heavy atom. The second kappa shape index (κ2) is 6.30. The first-order chi connectivity index (χ1) is 11.7. The van der Waals surface area contributed by atoms with Gasteiger partial charge in [-0.2, -0.15) is 0 Å². The molecule has 132 valence electrons. The molecule has 0 bridgehead atoms. The number of hydrogen-bond acceptors (Lipinski definition) is 4. The summed E-state index contributed by atoms with van der Waals surface area (Å²) < 4.78 is 8.52. The predicted molar refractivity (Wildman–Crippen MR) is 101 cm³/mol. The van der Waals surface area contributed by atoms with Crippen LogP contribution >= 0.6 is 11.6 Å². The fraction of sp³-hybridized carbons (Fsp3) is 0.421. The van der Waals surface area contributed by atoms with E-state index in [1.165, 1.54) is 0 Å². The number of halogens is 1. The van der Waals surface area contributed by atoms with Gasteiger partial charge < -0.3 is 9.30 Å². The minimum Gasteiger partial charge on any atom is -0.485 e. The van der Waals surface area contributed by atoms with E-state index in [2.05, 4.69) is 34.4 Å². The molecule has 0 saturated carbocycles. The van der Waals surface area contributed by atoms with E-state index >= 15 is 0 Å². The maximum absolute atomic E-state index is 6.31. The van der Waals surface area contributed by atoms with Gasteiger partial charge in [0.1, 0.15) is 16.9 Å². The van der Waals surface area contributed by atoms with E-state index in [1.54, 1.807) is 6.20 Å². The fourth-order valence-electron chi connectivity index (χ4n) is 3.00. The molecule has 0 aliphatic heterocycles. The molecule has 0 saturated heterocycles. The third-order valence-electron chi connectivity index (χ3n) is 3.82. The topological polar surface area (TPSA) is 52.8 Å². The van der Waals surface area contributed by atoms with Crippen LogP contribution in [0.3, 0.4) is 0 Å². The molecule has 2 aromatic heterocycles. The lowest BCUT2D eigenvalue weighted by Gasteiger charge is -2.23. The summed E-state index contributed by atoms with van der Waals surface area (Å²) >= 11 is 5.99. The van der Waals surface area contributed by atoms with E-state index in [-0.39, 0.29) is 10.9 Å². The molecule has 1 aromatic carbocycles. The number of aryl methyl sites for hydroxylation is 1. The molecule has 2 heterocycles. The summed E-state index contributed by atoms with van der Waals surface area (Å²) in [5, 5.41) is 0.211. The van der Waals surface area contributed by atoms with Crippen molar-refractivity contribution in [2.24, 2.45) is 0 Å². The number of fused-ring (bicyclic) bond motifs is 1. The Kier molecular flexibility index (Phi) is 4.45. The first-order valence-electron chi connectivity index (χ1n) is 8.37. The Bertz CT molecular complexity index is 925. The lowest BCUT2D eigenvalue weighted by atomic mass is 10.1. The van der Waals surface area contributed by atoms with Crippen molar-refractivity contribution in [2.45, 2.75) is 53.2 Å². The molecule has 0 radical (unpaired) electrons. The van der Waals surface area contributed by atoms with Crippen LogP contribution in [0.2, 0.25) is 5.28 Å². The summed E-state index contributed by atoms with van der Waals surface area (Å²) in [5.74, 6) is 1.68. The van der Waals surface area contributed by atoms with E-state index in [9.17, 15) is 0 Å². The molecule has 3 aromatic rings. The monoisotopic (exact) mass is 358 g/mol. The Labute approximate surface area is 153 Å². The number of rotatable bonds is 3. The molecule has 0 aliphatic carbocycles. The van der Waals surface area contributed by atoms with Crippen molar-refractivity contribution in [1.29, 1.82) is 0 Å². The van der Waals surface area contributed by atoms with Gasteiger partial charge in [0.15, 0.2) is 5.75 Å². The molecule has 3 rings (SSSR count). The second-order valence-corrected chi connectivity index (χ2v) is 7.70. The Balaban J connectivity index is 2.32. The first-order valence-corrected chi connectivity index (χ1v) is 8.74. The summed E-state index contributed by atoms with van der Waals surface area (Å²) in [6, 6.07) is 6.22. The minimum absolute atomic E-state index is 0.211. The van der Waals surface area contributed by atoms with Crippen molar-refractivity contribution in [2.75, 3.05) is 0 Å². The lowest BCUT2D eigenvalue weighted by Crippen LogP contribution is -2.23. The molecule has 0 fully saturated rings. The molecule has 0 N–H and O–H groups in total. The zero-order valence-electron chi connectivity index (χ0n) is 15.5. The van der Waals surface area contributed by atoms with Gasteiger partial charge in [-0.05, 0) is 71.3 Å². The van der Waals surface area contributed by atoms with Crippen LogP contribution in [0.4, 0.5) is 0 Å². The van der Waals surface area contributed by atoms with Gasteiger partial charge in [-0.15, -0.1) is 0 Å². The smallest absolute Gasteiger partial charge is 0.222 e. The third-order valence-corrected chi connectivity index (χ3v) is 4.00. The molecule has 0 aliphatic rings. The second-order valence-electron chi connectivity index (χ2n) is 7.36. The van der Waals surface area contributed by atoms with Crippen molar-refractivity contribution in [3.8, 4) is 17.0 Å². The highest BCUT2D eigenvalue weighted by Crippen LogP contribution is 2.39. The summed E-state index contributed by atoms with van der Waals surface area (Å²) in [4.78, 5) is 13.1. The van der Waals surface area contributed by atoms with Crippen LogP contribution in [0.25, 0.3) is 22.3 Å². The normalized spacial score (nSPS) is 12.2. The number of hydrogen-bond donors (Lipinski definition) is 0. The van der Waals surface area contributed by atoms with Gasteiger partial charge in [0, 0.05) is 17.8 Å². The molecule has 0 unspecified atom stereocenters. The largest absolute Gasteiger partial charge is 0.485 e. The van der Waals surface area contributed by atoms with Crippen LogP contribution in [0.5, 0.6) is 5.75 Å². The number of aromatic nitrogens is 4. The van der Waals surface area contributed by atoms with Crippen molar-refractivity contribution >= 4 is 22.6 Å². The van der Waals surface area contributed by atoms with Gasteiger partial charge in [0.25, 0.3) is 0 Å². The summed E-state index contributed by atoms with van der Waals surface area (Å²) in [6.07, 6.45) is 1.65. The average molecular weight is 359 g/mol. The molecular weight excluding hydrogens is 336 g/mol. The van der Waals surface area contributed by atoms with Crippen molar-refractivity contribution in [3.63, 3.8) is 0 Å². The number of benzene rings is 1. The zero-order valence-corrected chi connectivity index (χ0v) is 16.2. The van der Waals surface area contributed by atoms with Gasteiger partial charge in [-0.25, -0.2) is 15.0 Å². The van der Waals surface area contributed by atoms with Crippen molar-refractivity contribution < 1.29 is 4.74 Å². The first kappa shape index (κ1) is 17.7. The fourth-order valence-corrected chi connectivity index (χ4v) is 3.15. The van der Waals surface area contributed by atoms with Gasteiger partial charge in [-0.1, -0.05) is 0 Å². The van der Waals surface area contributed by atoms with E-state index in [4.69, 9.17) is 21.3 Å². The zero-order chi connectivity index (χ0) is 18.4. The highest BCUT2D eigenvalue weighted by atomic mass is 35.5. The summed E-state index contributed by atoms with van der Waals surface area (Å²) in [5.41, 5.74) is 3.11. The highest BCUT2D eigenvalue weighted by Gasteiger charge is 2.23. The van der Waals surface area contributed by atoms with Gasteiger partial charge in [0.05, 0.1) is 11.2 Å². The van der Waals surface area contributed by atoms with Gasteiger partial charge in [-0.3, -0.25) is 0 Å². The third kappa shape index (κ3) is 3.47. The van der Waals surface area contributed by atoms with Crippen LogP contribution in [0.1, 0.15) is 46.5 Å². The quantitative estimate of drug-likeness (QED) is 0.603. The molecule has 0 amide bonds. The van der Waals surface area contributed by atoms with Gasteiger partial charge in [0.2, 0.25) is 5.28 Å². The number of nitrogens with zero attached hydrogens (tertiary/aromatic N) is 4. The molecule has 6 heteroatoms. The van der Waals surface area contributed by atoms with E-state index < -0.39 is 0 Å². The van der Waals surface area contributed by atoms with Crippen LogP contribution in [-0.4, -0.2) is 25.1 Å². The predicted octanol–water partition coefficient (Wildman–Crippen LogP) is 5.21. The molecule has 5 nitrogen and oxygen atoms in total. The van der Waals surface area contributed by atoms with E-state index in [0.717, 1.165) is 33.9 Å². The molecule has 25 heavy (non-hydrogen) atoms. The maximum atomic E-state index is 6.31. The van der Waals surface area contributed by atoms with Crippen LogP contribution < -0.4 is 4.74 Å². The summed E-state index contributed by atoms with van der Waals surface area (Å²) in [6.45, 7) is 12.4. The van der Waals surface area contributed by atoms with E-state index in [1.807, 2.05) is 39.8 Å². The van der Waals surface area contributed by atoms with Crippen LogP contribution in [0.15, 0.2) is 24.4 Å². The standard InChI is InChI=1S/C19H23ClN4O/c1-11(2)24-12(3)22-16-15(24)8-7-13(17(16)25-19(4,5)6)14-9-10-21-18(20)23-14/h7-11H,1-6H3. The van der Waals surface area contributed by atoms with E-state index in [0.29, 0.717) is 6.04 Å². The Morgan fingerprint density at radius 3 is 2.44 bits per heavy atom. The average Bonchev–Trinajstić information content (AvgIpc) is 2.83. The van der Waals surface area contributed by atoms with Crippen molar-refractivity contribution in [3.05, 3.63) is 35.5 Å². The van der Waals surface area contributed by atoms with Gasteiger partial charge >= 0.3 is 0 Å². The van der Waals surface area contributed by atoms with Crippen molar-refractivity contribution in [1.82, 2.24) is 19.5 Å². The molecule has 0 atom stereocenters. The number of ether oxygens (including phenoxy) is 1. The maximum Gasteiger partial charge on any atom is 0.222 e. The summed E-state index contributed by atoms with van der Waals surface area (Å²) in [7, 11) is 0. The lowest BCUT2D eigenvalue weighted by molar-refractivity contribution is 0.133. The Hall–Kier alpha value is -2.14. The van der Waals surface area contributed by atoms with Crippen LogP contribution in [-0.2, 0) is 0 Å². The molecular formula is C19H23ClN4O.